The largest absolute Gasteiger partial charge is 0.396 e. The van der Waals surface area contributed by atoms with Crippen molar-refractivity contribution in [2.45, 2.75) is 13.8 Å². The van der Waals surface area contributed by atoms with Gasteiger partial charge in [0.25, 0.3) is 5.91 Å². The molecule has 0 radical (unpaired) electrons. The summed E-state index contributed by atoms with van der Waals surface area (Å²) in [7, 11) is 0. The topological polar surface area (TPSA) is 55.6 Å². The summed E-state index contributed by atoms with van der Waals surface area (Å²) in [5.74, 6) is -0.735. The van der Waals surface area contributed by atoms with Crippen molar-refractivity contribution in [3.63, 3.8) is 0 Å². The number of anilines is 1. The number of likely N-dealkylation sites (N-methyl/N-ethyl adjacent to an activating group) is 1. The number of halogens is 2. The molecule has 0 heterocycles. The molecular weight excluding hydrogens is 315 g/mol. The van der Waals surface area contributed by atoms with E-state index in [1.807, 2.05) is 13.8 Å². The molecule has 1 rings (SSSR count). The first kappa shape index (κ1) is 15.9. The van der Waals surface area contributed by atoms with Crippen molar-refractivity contribution in [2.24, 2.45) is 0 Å². The van der Waals surface area contributed by atoms with Crippen LogP contribution in [0.5, 0.6) is 0 Å². The highest BCUT2D eigenvalue weighted by molar-refractivity contribution is 9.10. The highest BCUT2D eigenvalue weighted by Crippen LogP contribution is 2.24. The maximum atomic E-state index is 13.3. The van der Waals surface area contributed by atoms with E-state index < -0.39 is 5.82 Å². The molecule has 4 nitrogen and oxygen atoms in total. The average Bonchev–Trinajstić information content (AvgIpc) is 2.38. The predicted octanol–water partition coefficient (Wildman–Crippen LogP) is 2.67. The van der Waals surface area contributed by atoms with Gasteiger partial charge in [-0.1, -0.05) is 0 Å². The van der Waals surface area contributed by atoms with Gasteiger partial charge in [0, 0.05) is 24.2 Å². The van der Waals surface area contributed by atoms with Gasteiger partial charge in [-0.3, -0.25) is 4.79 Å². The zero-order chi connectivity index (χ0) is 14.4. The highest BCUT2D eigenvalue weighted by Gasteiger charge is 2.18. The Bertz CT molecular complexity index is 455. The molecule has 1 amide bonds. The second-order valence-corrected chi connectivity index (χ2v) is 4.79. The van der Waals surface area contributed by atoms with Crippen LogP contribution >= 0.6 is 15.9 Å². The summed E-state index contributed by atoms with van der Waals surface area (Å²) in [5, 5.41) is 0. The Labute approximate surface area is 120 Å². The van der Waals surface area contributed by atoms with E-state index in [1.165, 1.54) is 12.1 Å². The number of benzene rings is 1. The number of hydrogen-bond acceptors (Lipinski definition) is 3. The van der Waals surface area contributed by atoms with E-state index in [-0.39, 0.29) is 11.6 Å². The van der Waals surface area contributed by atoms with Crippen LogP contribution < -0.4 is 5.73 Å². The smallest absolute Gasteiger partial charge is 0.255 e. The van der Waals surface area contributed by atoms with Crippen molar-refractivity contribution in [3.8, 4) is 0 Å². The lowest BCUT2D eigenvalue weighted by Crippen LogP contribution is -2.34. The van der Waals surface area contributed by atoms with Crippen LogP contribution in [-0.2, 0) is 4.74 Å². The summed E-state index contributed by atoms with van der Waals surface area (Å²) >= 11 is 3.19. The van der Waals surface area contributed by atoms with E-state index in [2.05, 4.69) is 15.9 Å². The molecule has 0 saturated carbocycles. The van der Waals surface area contributed by atoms with Gasteiger partial charge in [-0.2, -0.15) is 0 Å². The molecule has 0 bridgehead atoms. The lowest BCUT2D eigenvalue weighted by molar-refractivity contribution is 0.0668. The van der Waals surface area contributed by atoms with Crippen molar-refractivity contribution in [2.75, 3.05) is 32.0 Å². The van der Waals surface area contributed by atoms with Gasteiger partial charge in [0.05, 0.1) is 17.9 Å². The predicted molar refractivity (Wildman–Crippen MR) is 76.6 cm³/mol. The lowest BCUT2D eigenvalue weighted by atomic mass is 10.1. The third kappa shape index (κ3) is 4.18. The minimum absolute atomic E-state index is 0.0348. The zero-order valence-electron chi connectivity index (χ0n) is 11.1. The van der Waals surface area contributed by atoms with Crippen LogP contribution in [-0.4, -0.2) is 37.1 Å². The number of carbonyl (C=O) groups excluding carboxylic acids is 1. The van der Waals surface area contributed by atoms with Crippen LogP contribution in [0.15, 0.2) is 16.6 Å². The van der Waals surface area contributed by atoms with Gasteiger partial charge in [-0.05, 0) is 41.9 Å². The first-order valence-corrected chi connectivity index (χ1v) is 6.92. The number of nitrogen functional groups attached to an aromatic ring is 1. The second-order valence-electron chi connectivity index (χ2n) is 3.94. The van der Waals surface area contributed by atoms with Gasteiger partial charge in [0.2, 0.25) is 0 Å². The molecule has 0 aliphatic rings. The van der Waals surface area contributed by atoms with E-state index in [0.29, 0.717) is 36.3 Å². The first-order valence-electron chi connectivity index (χ1n) is 6.12. The van der Waals surface area contributed by atoms with Crippen molar-refractivity contribution in [3.05, 3.63) is 28.0 Å². The minimum Gasteiger partial charge on any atom is -0.396 e. The van der Waals surface area contributed by atoms with Crippen LogP contribution in [0.3, 0.4) is 0 Å². The molecule has 0 spiro atoms. The molecule has 6 heteroatoms. The molecule has 1 aromatic carbocycles. The molecule has 0 aliphatic carbocycles. The fourth-order valence-electron chi connectivity index (χ4n) is 1.62. The number of rotatable bonds is 6. The molecule has 106 valence electrons. The molecule has 1 aromatic rings. The third-order valence-corrected chi connectivity index (χ3v) is 3.35. The molecular formula is C13H18BrFN2O2. The Morgan fingerprint density at radius 3 is 2.74 bits per heavy atom. The van der Waals surface area contributed by atoms with E-state index in [9.17, 15) is 9.18 Å². The molecule has 2 N–H and O–H groups in total. The maximum absolute atomic E-state index is 13.3. The molecule has 0 unspecified atom stereocenters. The normalized spacial score (nSPS) is 10.5. The summed E-state index contributed by atoms with van der Waals surface area (Å²) in [5.41, 5.74) is 5.82. The van der Waals surface area contributed by atoms with Crippen molar-refractivity contribution >= 4 is 27.5 Å². The summed E-state index contributed by atoms with van der Waals surface area (Å²) in [4.78, 5) is 13.9. The quantitative estimate of drug-likeness (QED) is 0.643. The number of nitrogens with two attached hydrogens (primary N) is 1. The van der Waals surface area contributed by atoms with Gasteiger partial charge in [0.15, 0.2) is 0 Å². The molecule has 0 atom stereocenters. The Hall–Kier alpha value is -1.14. The SMILES string of the molecule is CCOCCN(CC)C(=O)c1cc(N)c(F)cc1Br. The number of ether oxygens (including phenoxy) is 1. The molecule has 0 aromatic heterocycles. The maximum Gasteiger partial charge on any atom is 0.255 e. The summed E-state index contributed by atoms with van der Waals surface area (Å²) < 4.78 is 18.9. The van der Waals surface area contributed by atoms with E-state index in [0.717, 1.165) is 0 Å². The summed E-state index contributed by atoms with van der Waals surface area (Å²) in [6.45, 7) is 5.91. The number of carbonyl (C=O) groups is 1. The van der Waals surface area contributed by atoms with Crippen LogP contribution in [0.25, 0.3) is 0 Å². The molecule has 0 aliphatic heterocycles. The van der Waals surface area contributed by atoms with E-state index in [1.54, 1.807) is 4.90 Å². The fraction of sp³-hybridized carbons (Fsp3) is 0.462. The van der Waals surface area contributed by atoms with E-state index in [4.69, 9.17) is 10.5 Å². The highest BCUT2D eigenvalue weighted by atomic mass is 79.9. The van der Waals surface area contributed by atoms with Crippen molar-refractivity contribution < 1.29 is 13.9 Å². The van der Waals surface area contributed by atoms with Crippen LogP contribution in [0, 0.1) is 5.82 Å². The van der Waals surface area contributed by atoms with Crippen LogP contribution in [0.2, 0.25) is 0 Å². The number of amides is 1. The fourth-order valence-corrected chi connectivity index (χ4v) is 2.11. The Morgan fingerprint density at radius 2 is 2.16 bits per heavy atom. The minimum atomic E-state index is -0.541. The monoisotopic (exact) mass is 332 g/mol. The van der Waals surface area contributed by atoms with Gasteiger partial charge >= 0.3 is 0 Å². The zero-order valence-corrected chi connectivity index (χ0v) is 12.7. The standard InChI is InChI=1S/C13H18BrFN2O2/c1-3-17(5-6-19-4-2)13(18)9-7-12(16)11(15)8-10(9)14/h7-8H,3-6,16H2,1-2H3. The number of hydrogen-bond donors (Lipinski definition) is 1. The third-order valence-electron chi connectivity index (χ3n) is 2.70. The van der Waals surface area contributed by atoms with Gasteiger partial charge in [-0.15, -0.1) is 0 Å². The van der Waals surface area contributed by atoms with Gasteiger partial charge in [0.1, 0.15) is 5.82 Å². The Kier molecular flexibility index (Phi) is 6.24. The second kappa shape index (κ2) is 7.45. The molecule has 0 fully saturated rings. The average molecular weight is 333 g/mol. The first-order chi connectivity index (χ1) is 9.01. The van der Waals surface area contributed by atoms with Crippen LogP contribution in [0.4, 0.5) is 10.1 Å². The van der Waals surface area contributed by atoms with Gasteiger partial charge < -0.3 is 15.4 Å². The van der Waals surface area contributed by atoms with Crippen molar-refractivity contribution in [1.82, 2.24) is 4.90 Å². The van der Waals surface area contributed by atoms with E-state index >= 15 is 0 Å². The Morgan fingerprint density at radius 1 is 1.47 bits per heavy atom. The number of nitrogens with zero attached hydrogens (tertiary/aromatic N) is 1. The van der Waals surface area contributed by atoms with Gasteiger partial charge in [-0.25, -0.2) is 4.39 Å². The summed E-state index contributed by atoms with van der Waals surface area (Å²) in [6, 6.07) is 2.56. The van der Waals surface area contributed by atoms with Crippen molar-refractivity contribution in [1.29, 1.82) is 0 Å². The molecule has 19 heavy (non-hydrogen) atoms. The lowest BCUT2D eigenvalue weighted by Gasteiger charge is -2.21. The summed E-state index contributed by atoms with van der Waals surface area (Å²) in [6.07, 6.45) is 0. The van der Waals surface area contributed by atoms with Crippen LogP contribution in [0.1, 0.15) is 24.2 Å². The Balaban J connectivity index is 2.88. The molecule has 0 saturated heterocycles.